The lowest BCUT2D eigenvalue weighted by atomic mass is 9.78. The molecule has 4 fully saturated rings. The Morgan fingerprint density at radius 3 is 2.79 bits per heavy atom. The van der Waals surface area contributed by atoms with E-state index in [4.69, 9.17) is 4.74 Å². The minimum Gasteiger partial charge on any atom is -0.385 e. The first-order valence-electron chi connectivity index (χ1n) is 9.78. The van der Waals surface area contributed by atoms with Crippen molar-refractivity contribution >= 4 is 11.8 Å². The number of carbonyl (C=O) groups is 2. The average molecular weight is 334 g/mol. The zero-order chi connectivity index (χ0) is 16.7. The average Bonchev–Trinajstić information content (AvgIpc) is 3.31. The summed E-state index contributed by atoms with van der Waals surface area (Å²) in [6.45, 7) is 1.46. The minimum absolute atomic E-state index is 0.0222. The lowest BCUT2D eigenvalue weighted by molar-refractivity contribution is -0.138. The zero-order valence-corrected chi connectivity index (χ0v) is 14.7. The first-order valence-corrected chi connectivity index (χ1v) is 9.78. The van der Waals surface area contributed by atoms with Gasteiger partial charge in [0.2, 0.25) is 11.8 Å². The van der Waals surface area contributed by atoms with Gasteiger partial charge in [-0.3, -0.25) is 9.59 Å². The van der Waals surface area contributed by atoms with Gasteiger partial charge in [0.1, 0.15) is 6.04 Å². The van der Waals surface area contributed by atoms with E-state index < -0.39 is 0 Å². The molecule has 5 nitrogen and oxygen atoms in total. The molecule has 1 heterocycles. The van der Waals surface area contributed by atoms with E-state index in [-0.39, 0.29) is 17.9 Å². The first-order chi connectivity index (χ1) is 11.7. The Morgan fingerprint density at radius 2 is 2.04 bits per heavy atom. The van der Waals surface area contributed by atoms with Crippen molar-refractivity contribution in [3.8, 4) is 0 Å². The van der Waals surface area contributed by atoms with Crippen LogP contribution in [0.3, 0.4) is 0 Å². The number of hydrogen-bond donors (Lipinski definition) is 1. The summed E-state index contributed by atoms with van der Waals surface area (Å²) in [5, 5.41) is 2.88. The van der Waals surface area contributed by atoms with Crippen LogP contribution in [0.2, 0.25) is 0 Å². The molecule has 1 aliphatic heterocycles. The molecule has 3 saturated carbocycles. The minimum atomic E-state index is -0.293. The zero-order valence-electron chi connectivity index (χ0n) is 14.7. The van der Waals surface area contributed by atoms with Gasteiger partial charge < -0.3 is 15.0 Å². The highest BCUT2D eigenvalue weighted by Crippen LogP contribution is 2.59. The Bertz CT molecular complexity index is 509. The molecule has 0 aromatic carbocycles. The second-order valence-electron chi connectivity index (χ2n) is 8.26. The maximum Gasteiger partial charge on any atom is 0.245 e. The van der Waals surface area contributed by atoms with E-state index in [0.717, 1.165) is 30.7 Å². The Labute approximate surface area is 144 Å². The van der Waals surface area contributed by atoms with Crippen LogP contribution in [0.1, 0.15) is 51.4 Å². The van der Waals surface area contributed by atoms with Crippen molar-refractivity contribution in [2.45, 2.75) is 63.5 Å². The molecule has 3 aliphatic carbocycles. The van der Waals surface area contributed by atoms with Gasteiger partial charge >= 0.3 is 0 Å². The molecule has 4 aliphatic rings. The molecule has 0 aromatic heterocycles. The molecule has 2 bridgehead atoms. The highest BCUT2D eigenvalue weighted by molar-refractivity contribution is 5.91. The Morgan fingerprint density at radius 1 is 1.21 bits per heavy atom. The van der Waals surface area contributed by atoms with Gasteiger partial charge in [0.25, 0.3) is 0 Å². The van der Waals surface area contributed by atoms with Gasteiger partial charge in [0.05, 0.1) is 0 Å². The predicted molar refractivity (Wildman–Crippen MR) is 90.2 cm³/mol. The highest BCUT2D eigenvalue weighted by atomic mass is 16.5. The fraction of sp³-hybridized carbons (Fsp3) is 0.895. The van der Waals surface area contributed by atoms with Crippen LogP contribution in [0.15, 0.2) is 0 Å². The molecule has 5 heteroatoms. The fourth-order valence-corrected chi connectivity index (χ4v) is 6.21. The molecular formula is C19H30N2O3. The molecule has 0 radical (unpaired) electrons. The van der Waals surface area contributed by atoms with E-state index in [1.54, 1.807) is 7.11 Å². The van der Waals surface area contributed by atoms with Crippen molar-refractivity contribution in [2.75, 3.05) is 20.3 Å². The maximum absolute atomic E-state index is 13.1. The number of carbonyl (C=O) groups excluding carboxylic acids is 2. The normalized spacial score (nSPS) is 40.0. The van der Waals surface area contributed by atoms with Crippen molar-refractivity contribution < 1.29 is 14.3 Å². The number of ether oxygens (including phenoxy) is 1. The van der Waals surface area contributed by atoms with Gasteiger partial charge in [-0.1, -0.05) is 6.42 Å². The van der Waals surface area contributed by atoms with Crippen LogP contribution in [0.4, 0.5) is 0 Å². The molecule has 1 N–H and O–H groups in total. The molecule has 2 amide bonds. The van der Waals surface area contributed by atoms with Crippen molar-refractivity contribution in [3.05, 3.63) is 0 Å². The molecule has 1 saturated heterocycles. The third-order valence-corrected chi connectivity index (χ3v) is 7.12. The lowest BCUT2D eigenvalue weighted by Crippen LogP contribution is -2.52. The quantitative estimate of drug-likeness (QED) is 0.756. The maximum atomic E-state index is 13.1. The van der Waals surface area contributed by atoms with E-state index in [1.165, 1.54) is 32.1 Å². The molecule has 6 atom stereocenters. The van der Waals surface area contributed by atoms with Gasteiger partial charge in [-0.05, 0) is 62.2 Å². The van der Waals surface area contributed by atoms with Crippen LogP contribution in [-0.4, -0.2) is 49.1 Å². The third kappa shape index (κ3) is 2.75. The van der Waals surface area contributed by atoms with Crippen LogP contribution >= 0.6 is 0 Å². The second kappa shape index (κ2) is 6.66. The topological polar surface area (TPSA) is 58.6 Å². The summed E-state index contributed by atoms with van der Waals surface area (Å²) in [4.78, 5) is 26.8. The van der Waals surface area contributed by atoms with Gasteiger partial charge in [0.15, 0.2) is 0 Å². The van der Waals surface area contributed by atoms with Crippen LogP contribution in [-0.2, 0) is 14.3 Å². The highest BCUT2D eigenvalue weighted by Gasteiger charge is 2.56. The molecule has 0 unspecified atom stereocenters. The van der Waals surface area contributed by atoms with Crippen molar-refractivity contribution in [3.63, 3.8) is 0 Å². The van der Waals surface area contributed by atoms with E-state index in [1.807, 2.05) is 0 Å². The number of nitrogens with one attached hydrogen (secondary N) is 1. The van der Waals surface area contributed by atoms with Crippen molar-refractivity contribution in [1.82, 2.24) is 10.2 Å². The number of nitrogens with zero attached hydrogens (tertiary/aromatic N) is 1. The van der Waals surface area contributed by atoms with E-state index in [0.29, 0.717) is 31.4 Å². The SMILES string of the molecule is COCCCN(C(=O)[C@H]1CCC(=O)N1)[C@@H]1C[C@H]2C[C@H]1[C@@H]1CCC[C@@H]21. The molecular weight excluding hydrogens is 304 g/mol. The predicted octanol–water partition coefficient (Wildman–Crippen LogP) is 1.95. The van der Waals surface area contributed by atoms with E-state index in [2.05, 4.69) is 10.2 Å². The summed E-state index contributed by atoms with van der Waals surface area (Å²) < 4.78 is 5.20. The summed E-state index contributed by atoms with van der Waals surface area (Å²) in [6, 6.07) is 0.106. The van der Waals surface area contributed by atoms with Crippen LogP contribution in [0.5, 0.6) is 0 Å². The number of methoxy groups -OCH3 is 1. The number of amides is 2. The summed E-state index contributed by atoms with van der Waals surface area (Å²) in [7, 11) is 1.71. The Balaban J connectivity index is 1.48. The van der Waals surface area contributed by atoms with Crippen molar-refractivity contribution in [1.29, 1.82) is 0 Å². The van der Waals surface area contributed by atoms with Crippen molar-refractivity contribution in [2.24, 2.45) is 23.7 Å². The second-order valence-corrected chi connectivity index (χ2v) is 8.26. The first kappa shape index (κ1) is 16.4. The van der Waals surface area contributed by atoms with Crippen LogP contribution in [0, 0.1) is 23.7 Å². The van der Waals surface area contributed by atoms with E-state index >= 15 is 0 Å². The largest absolute Gasteiger partial charge is 0.385 e. The molecule has 0 aromatic rings. The Hall–Kier alpha value is -1.10. The van der Waals surface area contributed by atoms with Gasteiger partial charge in [0, 0.05) is 32.7 Å². The summed E-state index contributed by atoms with van der Waals surface area (Å²) >= 11 is 0. The number of rotatable bonds is 6. The third-order valence-electron chi connectivity index (χ3n) is 7.12. The molecule has 134 valence electrons. The number of fused-ring (bicyclic) bond motifs is 5. The monoisotopic (exact) mass is 334 g/mol. The fourth-order valence-electron chi connectivity index (χ4n) is 6.21. The Kier molecular flexibility index (Phi) is 4.54. The lowest BCUT2D eigenvalue weighted by Gasteiger charge is -2.40. The summed E-state index contributed by atoms with van der Waals surface area (Å²) in [5.74, 6) is 3.51. The standard InChI is InChI=1S/C19H30N2O3/c1-24-9-3-8-21(19(23)16-6-7-18(22)20-16)17-11-12-10-15(17)14-5-2-4-13(12)14/h12-17H,2-11H2,1H3,(H,20,22)/t12-,13+,14-,15+,16-,17-/m1/s1. The van der Waals surface area contributed by atoms with Gasteiger partial charge in [-0.15, -0.1) is 0 Å². The summed E-state index contributed by atoms with van der Waals surface area (Å²) in [6.07, 6.45) is 8.69. The number of hydrogen-bond acceptors (Lipinski definition) is 3. The van der Waals surface area contributed by atoms with E-state index in [9.17, 15) is 9.59 Å². The van der Waals surface area contributed by atoms with Gasteiger partial charge in [-0.25, -0.2) is 0 Å². The molecule has 0 spiro atoms. The van der Waals surface area contributed by atoms with Gasteiger partial charge in [-0.2, -0.15) is 0 Å². The molecule has 24 heavy (non-hydrogen) atoms. The van der Waals surface area contributed by atoms with Crippen LogP contribution in [0.25, 0.3) is 0 Å². The van der Waals surface area contributed by atoms with Crippen LogP contribution < -0.4 is 5.32 Å². The summed E-state index contributed by atoms with van der Waals surface area (Å²) in [5.41, 5.74) is 0. The molecule has 4 rings (SSSR count). The smallest absolute Gasteiger partial charge is 0.245 e.